The number of rotatable bonds is 3. The average Bonchev–Trinajstić information content (AvgIpc) is 3.00. The summed E-state index contributed by atoms with van der Waals surface area (Å²) in [5.41, 5.74) is 0.252. The second-order valence-electron chi connectivity index (χ2n) is 5.22. The van der Waals surface area contributed by atoms with Gasteiger partial charge >= 0.3 is 0 Å². The summed E-state index contributed by atoms with van der Waals surface area (Å²) in [6.45, 7) is 0.731. The normalized spacial score (nSPS) is 22.9. The molecule has 0 amide bonds. The molecule has 21 heavy (non-hydrogen) atoms. The number of benzene rings is 1. The summed E-state index contributed by atoms with van der Waals surface area (Å²) in [5.74, 6) is -0.365. The highest BCUT2D eigenvalue weighted by atomic mass is 19.1. The SMILES string of the molecule is Cn1nnnc1CN1C[C@@H](O)C[C@H]1c1cc(F)ccc1F. The van der Waals surface area contributed by atoms with Gasteiger partial charge in [0, 0.05) is 25.2 Å². The number of β-amino-alcohol motifs (C(OH)–C–C–N with tert-alkyl or cyclic N) is 1. The first-order chi connectivity index (χ1) is 10.0. The smallest absolute Gasteiger partial charge is 0.165 e. The molecule has 1 aliphatic heterocycles. The molecule has 1 fully saturated rings. The van der Waals surface area contributed by atoms with Crippen LogP contribution >= 0.6 is 0 Å². The summed E-state index contributed by atoms with van der Waals surface area (Å²) in [4.78, 5) is 1.86. The molecular formula is C13H15F2N5O. The fourth-order valence-electron chi connectivity index (χ4n) is 2.71. The Morgan fingerprint density at radius 3 is 2.90 bits per heavy atom. The third-order valence-electron chi connectivity index (χ3n) is 3.75. The molecule has 3 rings (SSSR count). The third kappa shape index (κ3) is 2.77. The van der Waals surface area contributed by atoms with Crippen molar-refractivity contribution in [2.45, 2.75) is 25.1 Å². The third-order valence-corrected chi connectivity index (χ3v) is 3.75. The minimum Gasteiger partial charge on any atom is -0.392 e. The lowest BCUT2D eigenvalue weighted by atomic mass is 10.0. The quantitative estimate of drug-likeness (QED) is 0.907. The van der Waals surface area contributed by atoms with Crippen LogP contribution in [-0.2, 0) is 13.6 Å². The molecule has 1 aliphatic rings. The van der Waals surface area contributed by atoms with Crippen LogP contribution in [0.4, 0.5) is 8.78 Å². The van der Waals surface area contributed by atoms with Crippen molar-refractivity contribution in [3.63, 3.8) is 0 Å². The van der Waals surface area contributed by atoms with E-state index < -0.39 is 23.8 Å². The van der Waals surface area contributed by atoms with Gasteiger partial charge < -0.3 is 5.11 Å². The number of aromatic nitrogens is 4. The number of aliphatic hydroxyl groups is 1. The molecule has 0 saturated carbocycles. The first-order valence-corrected chi connectivity index (χ1v) is 6.63. The minimum absolute atomic E-state index is 0.252. The van der Waals surface area contributed by atoms with E-state index in [2.05, 4.69) is 15.5 Å². The van der Waals surface area contributed by atoms with Crippen LogP contribution < -0.4 is 0 Å². The van der Waals surface area contributed by atoms with E-state index >= 15 is 0 Å². The summed E-state index contributed by atoms with van der Waals surface area (Å²) in [5, 5.41) is 21.0. The molecule has 0 spiro atoms. The number of likely N-dealkylation sites (tertiary alicyclic amines) is 1. The van der Waals surface area contributed by atoms with Gasteiger partial charge in [0.15, 0.2) is 5.82 Å². The molecule has 112 valence electrons. The van der Waals surface area contributed by atoms with Crippen LogP contribution in [0.25, 0.3) is 0 Å². The average molecular weight is 295 g/mol. The fourth-order valence-corrected chi connectivity index (χ4v) is 2.71. The Morgan fingerprint density at radius 2 is 2.19 bits per heavy atom. The number of hydrogen-bond acceptors (Lipinski definition) is 5. The van der Waals surface area contributed by atoms with Crippen molar-refractivity contribution in [1.29, 1.82) is 0 Å². The van der Waals surface area contributed by atoms with Gasteiger partial charge in [-0.1, -0.05) is 0 Å². The van der Waals surface area contributed by atoms with Crippen LogP contribution in [0.5, 0.6) is 0 Å². The Bertz CT molecular complexity index is 647. The van der Waals surface area contributed by atoms with Gasteiger partial charge in [0.05, 0.1) is 12.6 Å². The topological polar surface area (TPSA) is 67.1 Å². The summed E-state index contributed by atoms with van der Waals surface area (Å²) < 4.78 is 28.9. The van der Waals surface area contributed by atoms with Crippen LogP contribution in [0.1, 0.15) is 23.9 Å². The number of hydrogen-bond donors (Lipinski definition) is 1. The number of tetrazole rings is 1. The van der Waals surface area contributed by atoms with Crippen molar-refractivity contribution >= 4 is 0 Å². The van der Waals surface area contributed by atoms with Crippen LogP contribution in [0.2, 0.25) is 0 Å². The van der Waals surface area contributed by atoms with Crippen molar-refractivity contribution in [2.24, 2.45) is 7.05 Å². The molecule has 1 N–H and O–H groups in total. The zero-order chi connectivity index (χ0) is 15.0. The van der Waals surface area contributed by atoms with Gasteiger partial charge in [-0.25, -0.2) is 13.5 Å². The lowest BCUT2D eigenvalue weighted by molar-refractivity contribution is 0.170. The van der Waals surface area contributed by atoms with Gasteiger partial charge in [-0.3, -0.25) is 4.90 Å². The van der Waals surface area contributed by atoms with Crippen LogP contribution in [0.15, 0.2) is 18.2 Å². The van der Waals surface area contributed by atoms with Gasteiger partial charge in [0.25, 0.3) is 0 Å². The minimum atomic E-state index is -0.584. The highest BCUT2D eigenvalue weighted by Gasteiger charge is 2.34. The zero-order valence-electron chi connectivity index (χ0n) is 11.4. The Labute approximate surface area is 120 Å². The Morgan fingerprint density at radius 1 is 1.38 bits per heavy atom. The van der Waals surface area contributed by atoms with Gasteiger partial charge in [-0.05, 0) is 35.0 Å². The Kier molecular flexibility index (Phi) is 3.64. The first-order valence-electron chi connectivity index (χ1n) is 6.63. The molecule has 6 nitrogen and oxygen atoms in total. The molecule has 2 heterocycles. The van der Waals surface area contributed by atoms with Crippen molar-refractivity contribution in [3.05, 3.63) is 41.2 Å². The molecule has 8 heteroatoms. The molecule has 0 radical (unpaired) electrons. The van der Waals surface area contributed by atoms with E-state index in [0.717, 1.165) is 12.1 Å². The zero-order valence-corrected chi connectivity index (χ0v) is 11.4. The number of aryl methyl sites for hydroxylation is 1. The van der Waals surface area contributed by atoms with E-state index in [1.165, 1.54) is 10.7 Å². The second kappa shape index (κ2) is 5.45. The second-order valence-corrected chi connectivity index (χ2v) is 5.22. The monoisotopic (exact) mass is 295 g/mol. The van der Waals surface area contributed by atoms with E-state index in [-0.39, 0.29) is 5.56 Å². The molecule has 1 aromatic carbocycles. The Balaban J connectivity index is 1.89. The van der Waals surface area contributed by atoms with Crippen molar-refractivity contribution in [3.8, 4) is 0 Å². The van der Waals surface area contributed by atoms with Crippen LogP contribution in [0.3, 0.4) is 0 Å². The van der Waals surface area contributed by atoms with Crippen molar-refractivity contribution in [2.75, 3.05) is 6.54 Å². The van der Waals surface area contributed by atoms with Crippen molar-refractivity contribution in [1.82, 2.24) is 25.1 Å². The van der Waals surface area contributed by atoms with Gasteiger partial charge in [-0.15, -0.1) is 5.10 Å². The Hall–Kier alpha value is -1.93. The number of nitrogens with zero attached hydrogens (tertiary/aromatic N) is 5. The number of halogens is 2. The molecular weight excluding hydrogens is 280 g/mol. The molecule has 2 aromatic rings. The van der Waals surface area contributed by atoms with E-state index in [1.807, 2.05) is 4.90 Å². The lowest BCUT2D eigenvalue weighted by Gasteiger charge is -2.23. The summed E-state index contributed by atoms with van der Waals surface area (Å²) in [6, 6.07) is 2.98. The van der Waals surface area contributed by atoms with E-state index in [1.54, 1.807) is 7.05 Å². The first kappa shape index (κ1) is 14.0. The highest BCUT2D eigenvalue weighted by Crippen LogP contribution is 2.34. The highest BCUT2D eigenvalue weighted by molar-refractivity contribution is 5.24. The molecule has 0 bridgehead atoms. The lowest BCUT2D eigenvalue weighted by Crippen LogP contribution is -2.26. The maximum atomic E-state index is 14.0. The summed E-state index contributed by atoms with van der Waals surface area (Å²) >= 11 is 0. The maximum Gasteiger partial charge on any atom is 0.165 e. The van der Waals surface area contributed by atoms with E-state index in [0.29, 0.717) is 25.3 Å². The van der Waals surface area contributed by atoms with Crippen LogP contribution in [-0.4, -0.2) is 42.9 Å². The predicted octanol–water partition coefficient (Wildman–Crippen LogP) is 0.796. The molecule has 1 saturated heterocycles. The largest absolute Gasteiger partial charge is 0.392 e. The molecule has 0 aliphatic carbocycles. The molecule has 0 unspecified atom stereocenters. The molecule has 1 aromatic heterocycles. The molecule has 2 atom stereocenters. The van der Waals surface area contributed by atoms with Crippen LogP contribution in [0, 0.1) is 11.6 Å². The fraction of sp³-hybridized carbons (Fsp3) is 0.462. The maximum absolute atomic E-state index is 14.0. The van der Waals surface area contributed by atoms with Gasteiger partial charge in [-0.2, -0.15) is 0 Å². The van der Waals surface area contributed by atoms with E-state index in [9.17, 15) is 13.9 Å². The van der Waals surface area contributed by atoms with Gasteiger partial charge in [0.2, 0.25) is 0 Å². The van der Waals surface area contributed by atoms with E-state index in [4.69, 9.17) is 0 Å². The van der Waals surface area contributed by atoms with Crippen molar-refractivity contribution < 1.29 is 13.9 Å². The predicted molar refractivity (Wildman–Crippen MR) is 68.9 cm³/mol. The number of aliphatic hydroxyl groups excluding tert-OH is 1. The standard InChI is InChI=1S/C13H15F2N5O/c1-19-13(16-17-18-19)7-20-6-9(21)5-12(20)10-4-8(14)2-3-11(10)15/h2-4,9,12,21H,5-7H2,1H3/t9-,12-/m0/s1. The summed E-state index contributed by atoms with van der Waals surface area (Å²) in [6.07, 6.45) is -0.232. The summed E-state index contributed by atoms with van der Waals surface area (Å²) in [7, 11) is 1.71. The van der Waals surface area contributed by atoms with Gasteiger partial charge in [0.1, 0.15) is 11.6 Å².